The van der Waals surface area contributed by atoms with Crippen LogP contribution in [0.4, 0.5) is 0 Å². The summed E-state index contributed by atoms with van der Waals surface area (Å²) in [4.78, 5) is 15.0. The van der Waals surface area contributed by atoms with E-state index in [0.717, 1.165) is 32.7 Å². The molecule has 0 bridgehead atoms. The number of carboxylic acids is 1. The highest BCUT2D eigenvalue weighted by Crippen LogP contribution is 2.01. The van der Waals surface area contributed by atoms with Crippen molar-refractivity contribution in [1.29, 1.82) is 0 Å². The van der Waals surface area contributed by atoms with Crippen LogP contribution in [0.2, 0.25) is 0 Å². The van der Waals surface area contributed by atoms with E-state index in [1.165, 1.54) is 0 Å². The smallest absolute Gasteiger partial charge is 0.320 e. The molecule has 1 fully saturated rings. The first-order valence-corrected chi connectivity index (χ1v) is 4.99. The molecule has 1 atom stereocenters. The zero-order valence-corrected chi connectivity index (χ0v) is 8.65. The molecule has 0 aromatic heterocycles. The van der Waals surface area contributed by atoms with Gasteiger partial charge >= 0.3 is 5.97 Å². The minimum absolute atomic E-state index is 0.541. The number of rotatable bonds is 4. The molecule has 0 aromatic carbocycles. The zero-order valence-electron chi connectivity index (χ0n) is 8.65. The summed E-state index contributed by atoms with van der Waals surface area (Å²) in [6.45, 7) is 4.94. The number of carbonyl (C=O) groups is 1. The summed E-state index contributed by atoms with van der Waals surface area (Å²) < 4.78 is 0. The second-order valence-corrected chi connectivity index (χ2v) is 3.88. The van der Waals surface area contributed by atoms with Gasteiger partial charge in [0.15, 0.2) is 0 Å². The van der Waals surface area contributed by atoms with E-state index < -0.39 is 12.0 Å². The Kier molecular flexibility index (Phi) is 4.31. The highest BCUT2D eigenvalue weighted by Gasteiger charge is 2.16. The summed E-state index contributed by atoms with van der Waals surface area (Å²) >= 11 is 0. The lowest BCUT2D eigenvalue weighted by Gasteiger charge is -2.32. The van der Waals surface area contributed by atoms with Crippen LogP contribution < -0.4 is 5.73 Å². The topological polar surface area (TPSA) is 69.8 Å². The third kappa shape index (κ3) is 3.61. The SMILES string of the molecule is CN1CCN(CC[C@@H](N)C(=O)O)CC1. The molecule has 1 rings (SSSR count). The second-order valence-electron chi connectivity index (χ2n) is 3.88. The molecule has 0 aliphatic carbocycles. The van der Waals surface area contributed by atoms with E-state index in [1.54, 1.807) is 0 Å². The van der Waals surface area contributed by atoms with E-state index in [1.807, 2.05) is 0 Å². The fourth-order valence-corrected chi connectivity index (χ4v) is 1.52. The van der Waals surface area contributed by atoms with Crippen molar-refractivity contribution in [3.05, 3.63) is 0 Å². The summed E-state index contributed by atoms with van der Waals surface area (Å²) in [5.41, 5.74) is 5.42. The molecule has 1 heterocycles. The van der Waals surface area contributed by atoms with Gasteiger partial charge in [-0.25, -0.2) is 0 Å². The van der Waals surface area contributed by atoms with Crippen molar-refractivity contribution < 1.29 is 9.90 Å². The number of hydrogen-bond acceptors (Lipinski definition) is 4. The van der Waals surface area contributed by atoms with Crippen LogP contribution in [0.15, 0.2) is 0 Å². The second kappa shape index (κ2) is 5.29. The van der Waals surface area contributed by atoms with Gasteiger partial charge in [0.1, 0.15) is 6.04 Å². The zero-order chi connectivity index (χ0) is 10.6. The van der Waals surface area contributed by atoms with Gasteiger partial charge in [0, 0.05) is 32.7 Å². The molecule has 0 radical (unpaired) electrons. The molecule has 5 heteroatoms. The molecule has 0 saturated carbocycles. The lowest BCUT2D eigenvalue weighted by molar-refractivity contribution is -0.138. The van der Waals surface area contributed by atoms with Gasteiger partial charge in [-0.1, -0.05) is 0 Å². The lowest BCUT2D eigenvalue weighted by Crippen LogP contribution is -2.46. The van der Waals surface area contributed by atoms with Crippen molar-refractivity contribution in [2.24, 2.45) is 5.73 Å². The molecule has 3 N–H and O–H groups in total. The number of piperazine rings is 1. The Morgan fingerprint density at radius 3 is 2.50 bits per heavy atom. The number of likely N-dealkylation sites (N-methyl/N-ethyl adjacent to an activating group) is 1. The van der Waals surface area contributed by atoms with Crippen LogP contribution in [-0.4, -0.2) is 66.7 Å². The van der Waals surface area contributed by atoms with E-state index in [0.29, 0.717) is 6.42 Å². The Morgan fingerprint density at radius 2 is 2.00 bits per heavy atom. The summed E-state index contributed by atoms with van der Waals surface area (Å²) in [7, 11) is 2.10. The number of nitrogens with two attached hydrogens (primary N) is 1. The minimum Gasteiger partial charge on any atom is -0.480 e. The van der Waals surface area contributed by atoms with Crippen molar-refractivity contribution in [2.45, 2.75) is 12.5 Å². The van der Waals surface area contributed by atoms with Crippen molar-refractivity contribution in [3.63, 3.8) is 0 Å². The standard InChI is InChI=1S/C9H19N3O2/c1-11-4-6-12(7-5-11)3-2-8(10)9(13)14/h8H,2-7,10H2,1H3,(H,13,14)/t8-/m1/s1. The molecule has 5 nitrogen and oxygen atoms in total. The predicted molar refractivity (Wildman–Crippen MR) is 54.2 cm³/mol. The largest absolute Gasteiger partial charge is 0.480 e. The highest BCUT2D eigenvalue weighted by molar-refractivity contribution is 5.72. The van der Waals surface area contributed by atoms with E-state index in [9.17, 15) is 4.79 Å². The van der Waals surface area contributed by atoms with Crippen LogP contribution in [0.5, 0.6) is 0 Å². The Labute approximate surface area is 84.5 Å². The van der Waals surface area contributed by atoms with Gasteiger partial charge in [-0.2, -0.15) is 0 Å². The van der Waals surface area contributed by atoms with E-state index in [-0.39, 0.29) is 0 Å². The van der Waals surface area contributed by atoms with Crippen LogP contribution in [0.1, 0.15) is 6.42 Å². The van der Waals surface area contributed by atoms with E-state index in [4.69, 9.17) is 10.8 Å². The van der Waals surface area contributed by atoms with Crippen LogP contribution in [0, 0.1) is 0 Å². The fourth-order valence-electron chi connectivity index (χ4n) is 1.52. The van der Waals surface area contributed by atoms with Gasteiger partial charge in [-0.05, 0) is 13.5 Å². The van der Waals surface area contributed by atoms with Crippen molar-refractivity contribution >= 4 is 5.97 Å². The summed E-state index contributed by atoms with van der Waals surface area (Å²) in [6.07, 6.45) is 0.541. The van der Waals surface area contributed by atoms with Gasteiger partial charge in [-0.15, -0.1) is 0 Å². The maximum Gasteiger partial charge on any atom is 0.320 e. The Balaban J connectivity index is 2.16. The lowest BCUT2D eigenvalue weighted by atomic mass is 10.2. The molecule has 1 aliphatic heterocycles. The number of nitrogens with zero attached hydrogens (tertiary/aromatic N) is 2. The van der Waals surface area contributed by atoms with Gasteiger partial charge in [-0.3, -0.25) is 4.79 Å². The first-order chi connectivity index (χ1) is 6.59. The maximum atomic E-state index is 10.5. The molecular weight excluding hydrogens is 182 g/mol. The van der Waals surface area contributed by atoms with Gasteiger partial charge in [0.25, 0.3) is 0 Å². The average molecular weight is 201 g/mol. The molecule has 0 spiro atoms. The average Bonchev–Trinajstić information content (AvgIpc) is 2.16. The fraction of sp³-hybridized carbons (Fsp3) is 0.889. The Hall–Kier alpha value is -0.650. The first kappa shape index (κ1) is 11.4. The minimum atomic E-state index is -0.904. The van der Waals surface area contributed by atoms with Crippen LogP contribution in [0.3, 0.4) is 0 Å². The number of hydrogen-bond donors (Lipinski definition) is 2. The van der Waals surface area contributed by atoms with Crippen molar-refractivity contribution in [2.75, 3.05) is 39.8 Å². The quantitative estimate of drug-likeness (QED) is 0.613. The van der Waals surface area contributed by atoms with Gasteiger partial charge in [0.05, 0.1) is 0 Å². The summed E-state index contributed by atoms with van der Waals surface area (Å²) in [6, 6.07) is -0.713. The number of carboxylic acid groups (broad SMARTS) is 1. The van der Waals surface area contributed by atoms with E-state index in [2.05, 4.69) is 16.8 Å². The highest BCUT2D eigenvalue weighted by atomic mass is 16.4. The maximum absolute atomic E-state index is 10.5. The summed E-state index contributed by atoms with van der Waals surface area (Å²) in [5.74, 6) is -0.904. The molecule has 82 valence electrons. The van der Waals surface area contributed by atoms with Crippen LogP contribution >= 0.6 is 0 Å². The Bertz CT molecular complexity index is 190. The Morgan fingerprint density at radius 1 is 1.43 bits per heavy atom. The monoisotopic (exact) mass is 201 g/mol. The summed E-state index contributed by atoms with van der Waals surface area (Å²) in [5, 5.41) is 8.60. The van der Waals surface area contributed by atoms with Crippen LogP contribution in [-0.2, 0) is 4.79 Å². The van der Waals surface area contributed by atoms with Gasteiger partial charge < -0.3 is 20.6 Å². The molecule has 14 heavy (non-hydrogen) atoms. The molecular formula is C9H19N3O2. The molecule has 1 saturated heterocycles. The predicted octanol–water partition coefficient (Wildman–Crippen LogP) is -0.964. The van der Waals surface area contributed by atoms with Crippen LogP contribution in [0.25, 0.3) is 0 Å². The number of aliphatic carboxylic acids is 1. The van der Waals surface area contributed by atoms with Crippen molar-refractivity contribution in [1.82, 2.24) is 9.80 Å². The van der Waals surface area contributed by atoms with Crippen molar-refractivity contribution in [3.8, 4) is 0 Å². The molecule has 0 aromatic rings. The first-order valence-electron chi connectivity index (χ1n) is 4.99. The van der Waals surface area contributed by atoms with Gasteiger partial charge in [0.2, 0.25) is 0 Å². The molecule has 0 unspecified atom stereocenters. The third-order valence-corrected chi connectivity index (χ3v) is 2.67. The molecule has 1 aliphatic rings. The molecule has 0 amide bonds. The normalized spacial score (nSPS) is 22.1. The van der Waals surface area contributed by atoms with E-state index >= 15 is 0 Å². The third-order valence-electron chi connectivity index (χ3n) is 2.67.